The van der Waals surface area contributed by atoms with Crippen LogP contribution in [0.1, 0.15) is 6.42 Å². The summed E-state index contributed by atoms with van der Waals surface area (Å²) in [6.07, 6.45) is -0.0215. The van der Waals surface area contributed by atoms with Gasteiger partial charge in [0.15, 0.2) is 0 Å². The molecule has 0 heterocycles. The van der Waals surface area contributed by atoms with Crippen LogP contribution in [0.15, 0.2) is 35.2 Å². The zero-order valence-corrected chi connectivity index (χ0v) is 15.9. The first-order valence-electron chi connectivity index (χ1n) is 8.49. The lowest BCUT2D eigenvalue weighted by Crippen LogP contribution is -2.15. The first kappa shape index (κ1) is 23.5. The Morgan fingerprint density at radius 3 is 1.67 bits per heavy atom. The van der Waals surface area contributed by atoms with E-state index in [0.717, 1.165) is 0 Å². The molecule has 0 unspecified atom stereocenters. The fourth-order valence-corrected chi connectivity index (χ4v) is 2.69. The van der Waals surface area contributed by atoms with Crippen molar-refractivity contribution in [3.63, 3.8) is 0 Å². The van der Waals surface area contributed by atoms with Crippen molar-refractivity contribution in [1.82, 2.24) is 0 Å². The standard InChI is InChI=1S/C17H26O9S/c18-17(19)6-7-22-8-9-23-10-11-24-12-13-25-14-15-26-27(20,21)16-4-2-1-3-5-16/h1-5H,6-15H2,(H,18,19). The number of benzene rings is 1. The fourth-order valence-electron chi connectivity index (χ4n) is 1.78. The highest BCUT2D eigenvalue weighted by Gasteiger charge is 2.13. The van der Waals surface area contributed by atoms with Crippen molar-refractivity contribution in [2.45, 2.75) is 11.3 Å². The van der Waals surface area contributed by atoms with Gasteiger partial charge in [-0.05, 0) is 12.1 Å². The average Bonchev–Trinajstić information content (AvgIpc) is 2.65. The summed E-state index contributed by atoms with van der Waals surface area (Å²) in [5, 5.41) is 8.42. The molecule has 9 nitrogen and oxygen atoms in total. The Labute approximate surface area is 159 Å². The smallest absolute Gasteiger partial charge is 0.305 e. The summed E-state index contributed by atoms with van der Waals surface area (Å²) in [5.41, 5.74) is 0. The highest BCUT2D eigenvalue weighted by molar-refractivity contribution is 7.86. The molecule has 0 aliphatic rings. The second-order valence-corrected chi connectivity index (χ2v) is 6.80. The molecule has 1 aromatic carbocycles. The minimum Gasteiger partial charge on any atom is -0.481 e. The molecule has 0 aliphatic carbocycles. The van der Waals surface area contributed by atoms with Crippen LogP contribution in [0.2, 0.25) is 0 Å². The number of carboxylic acid groups (broad SMARTS) is 1. The molecule has 0 fully saturated rings. The third-order valence-corrected chi connectivity index (χ3v) is 4.40. The van der Waals surface area contributed by atoms with E-state index in [9.17, 15) is 13.2 Å². The Kier molecular flexibility index (Phi) is 12.6. The van der Waals surface area contributed by atoms with Crippen LogP contribution in [-0.2, 0) is 38.0 Å². The first-order chi connectivity index (χ1) is 13.0. The van der Waals surface area contributed by atoms with Crippen LogP contribution in [0.4, 0.5) is 0 Å². The van der Waals surface area contributed by atoms with Gasteiger partial charge < -0.3 is 24.1 Å². The largest absolute Gasteiger partial charge is 0.481 e. The van der Waals surface area contributed by atoms with E-state index in [-0.39, 0.29) is 31.1 Å². The quantitative estimate of drug-likeness (QED) is 0.298. The Bertz CT molecular complexity index is 604. The van der Waals surface area contributed by atoms with E-state index >= 15 is 0 Å². The molecule has 0 bridgehead atoms. The van der Waals surface area contributed by atoms with Crippen LogP contribution in [0.3, 0.4) is 0 Å². The maximum Gasteiger partial charge on any atom is 0.305 e. The molecule has 0 spiro atoms. The topological polar surface area (TPSA) is 118 Å². The summed E-state index contributed by atoms with van der Waals surface area (Å²) in [4.78, 5) is 10.4. The van der Waals surface area contributed by atoms with Crippen LogP contribution in [0.5, 0.6) is 0 Å². The number of aliphatic carboxylic acids is 1. The molecule has 0 saturated heterocycles. The van der Waals surface area contributed by atoms with Crippen molar-refractivity contribution in [2.24, 2.45) is 0 Å². The normalized spacial score (nSPS) is 11.6. The summed E-state index contributed by atoms with van der Waals surface area (Å²) >= 11 is 0. The number of carbonyl (C=O) groups is 1. The predicted molar refractivity (Wildman–Crippen MR) is 95.1 cm³/mol. The first-order valence-corrected chi connectivity index (χ1v) is 9.90. The highest BCUT2D eigenvalue weighted by Crippen LogP contribution is 2.10. The van der Waals surface area contributed by atoms with Gasteiger partial charge in [-0.25, -0.2) is 0 Å². The fraction of sp³-hybridized carbons (Fsp3) is 0.588. The molecular formula is C17H26O9S. The minimum atomic E-state index is -3.75. The van der Waals surface area contributed by atoms with Crippen molar-refractivity contribution in [1.29, 1.82) is 0 Å². The molecule has 0 saturated carbocycles. The van der Waals surface area contributed by atoms with Gasteiger partial charge >= 0.3 is 5.97 Å². The molecule has 1 N–H and O–H groups in total. The SMILES string of the molecule is O=C(O)CCOCCOCCOCCOCCOS(=O)(=O)c1ccccc1. The third-order valence-electron chi connectivity index (χ3n) is 3.07. The molecule has 1 rings (SSSR count). The lowest BCUT2D eigenvalue weighted by atomic mass is 10.4. The van der Waals surface area contributed by atoms with Crippen LogP contribution >= 0.6 is 0 Å². The highest BCUT2D eigenvalue weighted by atomic mass is 32.2. The van der Waals surface area contributed by atoms with E-state index in [0.29, 0.717) is 39.6 Å². The number of hydrogen-bond donors (Lipinski definition) is 1. The Hall–Kier alpha value is -1.56. The van der Waals surface area contributed by atoms with Gasteiger partial charge in [0.2, 0.25) is 0 Å². The van der Waals surface area contributed by atoms with Crippen LogP contribution < -0.4 is 0 Å². The van der Waals surface area contributed by atoms with Gasteiger partial charge in [0.05, 0.1) is 70.8 Å². The maximum absolute atomic E-state index is 11.8. The van der Waals surface area contributed by atoms with Crippen molar-refractivity contribution in [3.8, 4) is 0 Å². The molecule has 0 aliphatic heterocycles. The molecule has 0 aromatic heterocycles. The molecule has 0 amide bonds. The molecule has 27 heavy (non-hydrogen) atoms. The maximum atomic E-state index is 11.8. The van der Waals surface area contributed by atoms with Crippen molar-refractivity contribution in [3.05, 3.63) is 30.3 Å². The van der Waals surface area contributed by atoms with Gasteiger partial charge in [-0.15, -0.1) is 0 Å². The number of rotatable bonds is 17. The molecule has 154 valence electrons. The van der Waals surface area contributed by atoms with E-state index in [4.69, 9.17) is 28.2 Å². The molecule has 10 heteroatoms. The van der Waals surface area contributed by atoms with Crippen LogP contribution in [0.25, 0.3) is 0 Å². The van der Waals surface area contributed by atoms with Crippen molar-refractivity contribution < 1.29 is 41.4 Å². The van der Waals surface area contributed by atoms with Gasteiger partial charge in [0.25, 0.3) is 10.1 Å². The van der Waals surface area contributed by atoms with E-state index in [1.807, 2.05) is 0 Å². The van der Waals surface area contributed by atoms with E-state index in [1.165, 1.54) is 12.1 Å². The zero-order valence-electron chi connectivity index (χ0n) is 15.1. The number of ether oxygens (including phenoxy) is 4. The van der Waals surface area contributed by atoms with Crippen LogP contribution in [-0.4, -0.2) is 79.0 Å². The molecular weight excluding hydrogens is 380 g/mol. The number of carboxylic acids is 1. The van der Waals surface area contributed by atoms with Crippen molar-refractivity contribution in [2.75, 3.05) is 59.5 Å². The Morgan fingerprint density at radius 2 is 1.19 bits per heavy atom. The summed E-state index contributed by atoms with van der Waals surface area (Å²) in [6.45, 7) is 2.38. The van der Waals surface area contributed by atoms with Crippen LogP contribution in [0, 0.1) is 0 Å². The van der Waals surface area contributed by atoms with E-state index in [1.54, 1.807) is 18.2 Å². The van der Waals surface area contributed by atoms with Gasteiger partial charge in [-0.3, -0.25) is 8.98 Å². The van der Waals surface area contributed by atoms with E-state index < -0.39 is 16.1 Å². The van der Waals surface area contributed by atoms with Gasteiger partial charge in [-0.1, -0.05) is 18.2 Å². The summed E-state index contributed by atoms with van der Waals surface area (Å²) < 4.78 is 49.3. The molecule has 0 atom stereocenters. The predicted octanol–water partition coefficient (Wildman–Crippen LogP) is 0.933. The summed E-state index contributed by atoms with van der Waals surface area (Å²) in [5.74, 6) is -0.893. The Morgan fingerprint density at radius 1 is 0.741 bits per heavy atom. The summed E-state index contributed by atoms with van der Waals surface area (Å²) in [6, 6.07) is 7.91. The van der Waals surface area contributed by atoms with Gasteiger partial charge in [-0.2, -0.15) is 8.42 Å². The molecule has 0 radical (unpaired) electrons. The zero-order chi connectivity index (χ0) is 19.8. The van der Waals surface area contributed by atoms with Gasteiger partial charge in [0, 0.05) is 0 Å². The number of hydrogen-bond acceptors (Lipinski definition) is 8. The second-order valence-electron chi connectivity index (χ2n) is 5.18. The lowest BCUT2D eigenvalue weighted by Gasteiger charge is -2.08. The minimum absolute atomic E-state index is 0.0215. The molecule has 1 aromatic rings. The third kappa shape index (κ3) is 12.5. The second kappa shape index (κ2) is 14.5. The monoisotopic (exact) mass is 406 g/mol. The van der Waals surface area contributed by atoms with Crippen molar-refractivity contribution >= 4 is 16.1 Å². The lowest BCUT2D eigenvalue weighted by molar-refractivity contribution is -0.138. The summed E-state index contributed by atoms with van der Waals surface area (Å²) in [7, 11) is -3.75. The van der Waals surface area contributed by atoms with Gasteiger partial charge in [0.1, 0.15) is 0 Å². The Balaban J connectivity index is 1.86. The van der Waals surface area contributed by atoms with E-state index in [2.05, 4.69) is 0 Å². The average molecular weight is 406 g/mol.